The Morgan fingerprint density at radius 3 is 2.56 bits per heavy atom. The molecule has 1 N–H and O–H groups in total. The third-order valence-electron chi connectivity index (χ3n) is 5.65. The summed E-state index contributed by atoms with van der Waals surface area (Å²) in [7, 11) is 0. The molecule has 0 aliphatic heterocycles. The van der Waals surface area contributed by atoms with Gasteiger partial charge in [0.1, 0.15) is 18.5 Å². The average Bonchev–Trinajstić information content (AvgIpc) is 3.25. The second-order valence-electron chi connectivity index (χ2n) is 8.18. The van der Waals surface area contributed by atoms with Crippen molar-refractivity contribution in [1.29, 1.82) is 5.26 Å². The zero-order chi connectivity index (χ0) is 25.8. The number of H-pyrrole nitrogens is 1. The van der Waals surface area contributed by atoms with Gasteiger partial charge in [-0.1, -0.05) is 0 Å². The third-order valence-corrected chi connectivity index (χ3v) is 6.45. The molecule has 0 radical (unpaired) electrons. The highest BCUT2D eigenvalue weighted by Gasteiger charge is 2.15. The van der Waals surface area contributed by atoms with E-state index < -0.39 is 4.92 Å². The maximum Gasteiger partial charge on any atom is 0.269 e. The van der Waals surface area contributed by atoms with E-state index in [2.05, 4.69) is 38.6 Å². The van der Waals surface area contributed by atoms with Crippen molar-refractivity contribution < 1.29 is 14.4 Å². The van der Waals surface area contributed by atoms with Crippen LogP contribution < -0.4 is 9.47 Å². The zero-order valence-corrected chi connectivity index (χ0v) is 22.1. The number of hydrogen-bond acceptors (Lipinski definition) is 6. The Hall–Kier alpha value is -3.91. The molecule has 8 nitrogen and oxygen atoms in total. The first-order chi connectivity index (χ1) is 17.3. The SMILES string of the molecule is CCOc1cc(/C=C(\C#N)c2nc3cc(C)c(C)cc3[nH]2)cc(I)c1OCc1ccc([N+](=O)[O-])cc1. The fourth-order valence-corrected chi connectivity index (χ4v) is 4.44. The molecular weight excluding hydrogens is 571 g/mol. The molecule has 0 fully saturated rings. The number of imidazole rings is 1. The van der Waals surface area contributed by atoms with Crippen molar-refractivity contribution in [3.05, 3.63) is 90.3 Å². The molecule has 1 aromatic heterocycles. The Kier molecular flexibility index (Phi) is 7.55. The summed E-state index contributed by atoms with van der Waals surface area (Å²) in [5, 5.41) is 20.7. The lowest BCUT2D eigenvalue weighted by atomic mass is 10.1. The number of nitriles is 1. The Balaban J connectivity index is 1.63. The molecule has 0 aliphatic rings. The van der Waals surface area contributed by atoms with Crippen LogP contribution in [-0.4, -0.2) is 21.5 Å². The summed E-state index contributed by atoms with van der Waals surface area (Å²) in [5.74, 6) is 1.62. The average molecular weight is 594 g/mol. The van der Waals surface area contributed by atoms with E-state index in [1.807, 2.05) is 45.0 Å². The van der Waals surface area contributed by atoms with Crippen LogP contribution in [0.4, 0.5) is 5.69 Å². The van der Waals surface area contributed by atoms with E-state index in [0.717, 1.165) is 36.9 Å². The minimum atomic E-state index is -0.435. The molecule has 0 aliphatic carbocycles. The predicted molar refractivity (Wildman–Crippen MR) is 147 cm³/mol. The number of ether oxygens (including phenoxy) is 2. The summed E-state index contributed by atoms with van der Waals surface area (Å²) in [6, 6.07) is 16.2. The molecule has 182 valence electrons. The molecule has 0 unspecified atom stereocenters. The van der Waals surface area contributed by atoms with E-state index in [1.54, 1.807) is 18.2 Å². The van der Waals surface area contributed by atoms with Gasteiger partial charge in [-0.2, -0.15) is 5.26 Å². The van der Waals surface area contributed by atoms with E-state index in [-0.39, 0.29) is 12.3 Å². The number of allylic oxidation sites excluding steroid dienone is 1. The van der Waals surface area contributed by atoms with Gasteiger partial charge in [-0.25, -0.2) is 4.98 Å². The number of nitro groups is 1. The summed E-state index contributed by atoms with van der Waals surface area (Å²) in [5.41, 5.74) is 5.99. The molecule has 0 amide bonds. The molecule has 9 heteroatoms. The van der Waals surface area contributed by atoms with Crippen LogP contribution in [0.1, 0.15) is 35.0 Å². The van der Waals surface area contributed by atoms with Crippen molar-refractivity contribution in [2.24, 2.45) is 0 Å². The molecule has 3 aromatic carbocycles. The lowest BCUT2D eigenvalue weighted by Gasteiger charge is -2.15. The molecule has 4 aromatic rings. The van der Waals surface area contributed by atoms with Crippen molar-refractivity contribution >= 4 is 51.0 Å². The van der Waals surface area contributed by atoms with Gasteiger partial charge in [-0.05, 0) is 108 Å². The van der Waals surface area contributed by atoms with Crippen molar-refractivity contribution in [3.63, 3.8) is 0 Å². The lowest BCUT2D eigenvalue weighted by Crippen LogP contribution is -2.02. The number of nitrogens with zero attached hydrogens (tertiary/aromatic N) is 3. The maximum atomic E-state index is 10.9. The number of fused-ring (bicyclic) bond motifs is 1. The van der Waals surface area contributed by atoms with Crippen LogP contribution in [0.2, 0.25) is 0 Å². The van der Waals surface area contributed by atoms with Gasteiger partial charge in [0.05, 0.1) is 31.7 Å². The first-order valence-electron chi connectivity index (χ1n) is 11.2. The molecule has 36 heavy (non-hydrogen) atoms. The molecular formula is C27H23IN4O4. The van der Waals surface area contributed by atoms with Gasteiger partial charge in [0, 0.05) is 12.1 Å². The second-order valence-corrected chi connectivity index (χ2v) is 9.35. The fourth-order valence-electron chi connectivity index (χ4n) is 3.66. The molecule has 0 atom stereocenters. The first kappa shape index (κ1) is 25.2. The van der Waals surface area contributed by atoms with Gasteiger partial charge in [0.25, 0.3) is 5.69 Å². The monoisotopic (exact) mass is 594 g/mol. The van der Waals surface area contributed by atoms with Gasteiger partial charge in [-0.3, -0.25) is 10.1 Å². The maximum absolute atomic E-state index is 10.9. The van der Waals surface area contributed by atoms with Crippen LogP contribution in [0.5, 0.6) is 11.5 Å². The molecule has 4 rings (SSSR count). The number of hydrogen-bond donors (Lipinski definition) is 1. The number of halogens is 1. The molecule has 0 bridgehead atoms. The Labute approximate surface area is 221 Å². The fraction of sp³-hybridized carbons (Fsp3) is 0.185. The quantitative estimate of drug-likeness (QED) is 0.105. The lowest BCUT2D eigenvalue weighted by molar-refractivity contribution is -0.384. The van der Waals surface area contributed by atoms with Crippen LogP contribution in [0.15, 0.2) is 48.5 Å². The Morgan fingerprint density at radius 1 is 1.17 bits per heavy atom. The van der Waals surface area contributed by atoms with Gasteiger partial charge in [0.15, 0.2) is 11.5 Å². The number of non-ortho nitro benzene ring substituents is 1. The van der Waals surface area contributed by atoms with E-state index in [1.165, 1.54) is 12.1 Å². The minimum Gasteiger partial charge on any atom is -0.490 e. The van der Waals surface area contributed by atoms with Crippen LogP contribution in [0.25, 0.3) is 22.7 Å². The van der Waals surface area contributed by atoms with Crippen molar-refractivity contribution in [1.82, 2.24) is 9.97 Å². The number of aromatic nitrogens is 2. The first-order valence-corrected chi connectivity index (χ1v) is 12.3. The normalized spacial score (nSPS) is 11.4. The van der Waals surface area contributed by atoms with Crippen LogP contribution in [0.3, 0.4) is 0 Å². The summed E-state index contributed by atoms with van der Waals surface area (Å²) < 4.78 is 12.7. The third kappa shape index (κ3) is 5.49. The van der Waals surface area contributed by atoms with E-state index in [4.69, 9.17) is 9.47 Å². The molecule has 1 heterocycles. The zero-order valence-electron chi connectivity index (χ0n) is 20.0. The number of nitrogens with one attached hydrogen (secondary N) is 1. The minimum absolute atomic E-state index is 0.0301. The number of aryl methyl sites for hydroxylation is 2. The summed E-state index contributed by atoms with van der Waals surface area (Å²) in [6.07, 6.45) is 1.77. The second kappa shape index (κ2) is 10.8. The Morgan fingerprint density at radius 2 is 1.89 bits per heavy atom. The van der Waals surface area contributed by atoms with Crippen LogP contribution >= 0.6 is 22.6 Å². The highest BCUT2D eigenvalue weighted by molar-refractivity contribution is 14.1. The predicted octanol–water partition coefficient (Wildman–Crippen LogP) is 6.73. The number of rotatable bonds is 8. The van der Waals surface area contributed by atoms with Crippen LogP contribution in [-0.2, 0) is 6.61 Å². The van der Waals surface area contributed by atoms with Gasteiger partial charge < -0.3 is 14.5 Å². The molecule has 0 spiro atoms. The standard InChI is InChI=1S/C27H23IN4O4/c1-4-35-25-13-19(11-20(14-29)27-30-23-9-16(2)17(3)10-24(23)31-27)12-22(28)26(25)36-15-18-5-7-21(8-6-18)32(33)34/h5-13H,4,15H2,1-3H3,(H,30,31)/b20-11+. The number of nitro benzene ring substituents is 1. The highest BCUT2D eigenvalue weighted by atomic mass is 127. The Bertz CT molecular complexity index is 1480. The van der Waals surface area contributed by atoms with Gasteiger partial charge >= 0.3 is 0 Å². The van der Waals surface area contributed by atoms with E-state index in [9.17, 15) is 15.4 Å². The van der Waals surface area contributed by atoms with Crippen molar-refractivity contribution in [3.8, 4) is 17.6 Å². The summed E-state index contributed by atoms with van der Waals surface area (Å²) in [6.45, 7) is 6.62. The molecule has 0 saturated heterocycles. The largest absolute Gasteiger partial charge is 0.490 e. The number of benzene rings is 3. The van der Waals surface area contributed by atoms with Gasteiger partial charge in [-0.15, -0.1) is 0 Å². The van der Waals surface area contributed by atoms with Crippen molar-refractivity contribution in [2.45, 2.75) is 27.4 Å². The highest BCUT2D eigenvalue weighted by Crippen LogP contribution is 2.36. The van der Waals surface area contributed by atoms with Gasteiger partial charge in [0.2, 0.25) is 0 Å². The van der Waals surface area contributed by atoms with Crippen molar-refractivity contribution in [2.75, 3.05) is 6.61 Å². The summed E-state index contributed by atoms with van der Waals surface area (Å²) in [4.78, 5) is 18.3. The topological polar surface area (TPSA) is 114 Å². The van der Waals surface area contributed by atoms with E-state index in [0.29, 0.717) is 29.5 Å². The summed E-state index contributed by atoms with van der Waals surface area (Å²) >= 11 is 2.17. The smallest absolute Gasteiger partial charge is 0.269 e. The molecule has 0 saturated carbocycles. The number of aromatic amines is 1. The van der Waals surface area contributed by atoms with Crippen LogP contribution in [0, 0.1) is 38.9 Å². The van der Waals surface area contributed by atoms with E-state index >= 15 is 0 Å².